The van der Waals surface area contributed by atoms with Gasteiger partial charge in [0.15, 0.2) is 0 Å². The van der Waals surface area contributed by atoms with Crippen LogP contribution in [0, 0.1) is 0 Å². The van der Waals surface area contributed by atoms with Gasteiger partial charge in [0.05, 0.1) is 18.6 Å². The highest BCUT2D eigenvalue weighted by Crippen LogP contribution is 2.29. The van der Waals surface area contributed by atoms with Gasteiger partial charge in [0.1, 0.15) is 0 Å². The largest absolute Gasteiger partial charge is 0.466 e. The van der Waals surface area contributed by atoms with Crippen molar-refractivity contribution in [1.29, 1.82) is 0 Å². The molecule has 0 unspecified atom stereocenters. The summed E-state index contributed by atoms with van der Waals surface area (Å²) >= 11 is 0. The van der Waals surface area contributed by atoms with E-state index in [1.54, 1.807) is 6.92 Å². The number of esters is 1. The number of alkyl halides is 3. The molecule has 0 radical (unpaired) electrons. The number of rotatable bonds is 8. The van der Waals surface area contributed by atoms with Crippen molar-refractivity contribution in [2.75, 3.05) is 26.3 Å². The maximum Gasteiger partial charge on any atom is 0.416 e. The molecule has 0 atom stereocenters. The monoisotopic (exact) mass is 347 g/mol. The van der Waals surface area contributed by atoms with Crippen molar-refractivity contribution in [1.82, 2.24) is 4.90 Å². The summed E-state index contributed by atoms with van der Waals surface area (Å²) in [4.78, 5) is 25.1. The van der Waals surface area contributed by atoms with Crippen molar-refractivity contribution >= 4 is 11.9 Å². The Hall–Kier alpha value is -2.09. The molecule has 1 amide bonds. The summed E-state index contributed by atoms with van der Waals surface area (Å²) in [7, 11) is 0. The Bertz CT molecular complexity index is 543. The molecule has 0 aromatic heterocycles. The second-order valence-electron chi connectivity index (χ2n) is 5.00. The van der Waals surface area contributed by atoms with Crippen LogP contribution in [0.25, 0.3) is 0 Å². The van der Waals surface area contributed by atoms with E-state index < -0.39 is 23.6 Å². The predicted molar refractivity (Wildman–Crippen MR) is 80.3 cm³/mol. The first-order valence-corrected chi connectivity index (χ1v) is 7.52. The van der Waals surface area contributed by atoms with Crippen LogP contribution in [-0.4, -0.2) is 48.2 Å². The Morgan fingerprint density at radius 1 is 1.17 bits per heavy atom. The molecule has 0 heterocycles. The molecule has 0 aliphatic rings. The molecule has 1 aromatic rings. The van der Waals surface area contributed by atoms with E-state index in [-0.39, 0.29) is 38.3 Å². The summed E-state index contributed by atoms with van der Waals surface area (Å²) in [6.45, 7) is 2.00. The van der Waals surface area contributed by atoms with Gasteiger partial charge in [-0.15, -0.1) is 0 Å². The van der Waals surface area contributed by atoms with Crippen LogP contribution in [0.5, 0.6) is 0 Å². The molecule has 0 spiro atoms. The normalized spacial score (nSPS) is 11.2. The van der Waals surface area contributed by atoms with Gasteiger partial charge in [0.25, 0.3) is 5.91 Å². The molecule has 0 saturated heterocycles. The van der Waals surface area contributed by atoms with E-state index in [9.17, 15) is 22.8 Å². The molecule has 1 aromatic carbocycles. The second kappa shape index (κ2) is 9.27. The van der Waals surface area contributed by atoms with Gasteiger partial charge in [-0.3, -0.25) is 9.59 Å². The maximum absolute atomic E-state index is 12.6. The zero-order valence-corrected chi connectivity index (χ0v) is 13.3. The van der Waals surface area contributed by atoms with Crippen molar-refractivity contribution in [3.8, 4) is 0 Å². The molecule has 1 rings (SSSR count). The third kappa shape index (κ3) is 6.19. The third-order valence-electron chi connectivity index (χ3n) is 3.22. The molecule has 5 nitrogen and oxygen atoms in total. The van der Waals surface area contributed by atoms with E-state index >= 15 is 0 Å². The van der Waals surface area contributed by atoms with Gasteiger partial charge in [0, 0.05) is 25.3 Å². The first-order valence-electron chi connectivity index (χ1n) is 7.52. The highest BCUT2D eigenvalue weighted by Gasteiger charge is 2.30. The maximum atomic E-state index is 12.6. The average Bonchev–Trinajstić information content (AvgIpc) is 2.54. The van der Waals surface area contributed by atoms with Crippen LogP contribution >= 0.6 is 0 Å². The number of hydrogen-bond acceptors (Lipinski definition) is 4. The Balaban J connectivity index is 2.81. The lowest BCUT2D eigenvalue weighted by molar-refractivity contribution is -0.143. The van der Waals surface area contributed by atoms with Crippen LogP contribution < -0.4 is 0 Å². The summed E-state index contributed by atoms with van der Waals surface area (Å²) in [5.74, 6) is -0.965. The smallest absolute Gasteiger partial charge is 0.416 e. The van der Waals surface area contributed by atoms with Gasteiger partial charge in [-0.25, -0.2) is 0 Å². The minimum atomic E-state index is -4.47. The summed E-state index contributed by atoms with van der Waals surface area (Å²) in [6, 6.07) is 3.87. The van der Waals surface area contributed by atoms with Crippen LogP contribution in [0.4, 0.5) is 13.2 Å². The molecule has 0 aliphatic carbocycles. The first-order chi connectivity index (χ1) is 11.3. The fraction of sp³-hybridized carbons (Fsp3) is 0.500. The minimum absolute atomic E-state index is 0.0222. The SMILES string of the molecule is CCOC(=O)CCN(CCCO)C(=O)c1ccc(C(F)(F)F)cc1. The van der Waals surface area contributed by atoms with Gasteiger partial charge in [-0.1, -0.05) is 0 Å². The van der Waals surface area contributed by atoms with E-state index in [4.69, 9.17) is 9.84 Å². The van der Waals surface area contributed by atoms with Crippen LogP contribution in [-0.2, 0) is 15.7 Å². The Labute approximate surface area is 138 Å². The van der Waals surface area contributed by atoms with E-state index in [2.05, 4.69) is 0 Å². The molecule has 0 bridgehead atoms. The van der Waals surface area contributed by atoms with Crippen molar-refractivity contribution in [2.45, 2.75) is 25.9 Å². The molecule has 0 aliphatic heterocycles. The zero-order chi connectivity index (χ0) is 18.2. The lowest BCUT2D eigenvalue weighted by Gasteiger charge is -2.22. The molecule has 0 fully saturated rings. The highest BCUT2D eigenvalue weighted by atomic mass is 19.4. The number of benzene rings is 1. The van der Waals surface area contributed by atoms with Gasteiger partial charge in [0.2, 0.25) is 0 Å². The van der Waals surface area contributed by atoms with Crippen molar-refractivity contribution < 1.29 is 32.6 Å². The number of hydrogen-bond donors (Lipinski definition) is 1. The molecule has 24 heavy (non-hydrogen) atoms. The van der Waals surface area contributed by atoms with E-state index in [0.29, 0.717) is 6.42 Å². The Morgan fingerprint density at radius 3 is 2.29 bits per heavy atom. The molecule has 1 N–H and O–H groups in total. The molecular formula is C16H20F3NO4. The number of ether oxygens (including phenoxy) is 1. The lowest BCUT2D eigenvalue weighted by Crippen LogP contribution is -2.34. The number of aliphatic hydroxyl groups is 1. The zero-order valence-electron chi connectivity index (χ0n) is 13.3. The third-order valence-corrected chi connectivity index (χ3v) is 3.22. The summed E-state index contributed by atoms with van der Waals surface area (Å²) in [6.07, 6.45) is -4.19. The lowest BCUT2D eigenvalue weighted by atomic mass is 10.1. The molecule has 8 heteroatoms. The average molecular weight is 347 g/mol. The number of halogens is 3. The number of aliphatic hydroxyl groups excluding tert-OH is 1. The quantitative estimate of drug-likeness (QED) is 0.734. The standard InChI is InChI=1S/C16H20F3NO4/c1-2-24-14(22)8-10-20(9-3-11-21)15(23)12-4-6-13(7-5-12)16(17,18)19/h4-7,21H,2-3,8-11H2,1H3. The van der Waals surface area contributed by atoms with Gasteiger partial charge in [-0.2, -0.15) is 13.2 Å². The molecular weight excluding hydrogens is 327 g/mol. The number of amides is 1. The fourth-order valence-electron chi connectivity index (χ4n) is 2.02. The van der Waals surface area contributed by atoms with Gasteiger partial charge in [-0.05, 0) is 37.6 Å². The van der Waals surface area contributed by atoms with Gasteiger partial charge >= 0.3 is 12.1 Å². The van der Waals surface area contributed by atoms with Crippen LogP contribution in [0.1, 0.15) is 35.7 Å². The second-order valence-corrected chi connectivity index (χ2v) is 5.00. The first kappa shape index (κ1) is 20.0. The highest BCUT2D eigenvalue weighted by molar-refractivity contribution is 5.94. The van der Waals surface area contributed by atoms with E-state index in [0.717, 1.165) is 24.3 Å². The van der Waals surface area contributed by atoms with E-state index in [1.165, 1.54) is 4.90 Å². The Morgan fingerprint density at radius 2 is 1.79 bits per heavy atom. The van der Waals surface area contributed by atoms with Gasteiger partial charge < -0.3 is 14.7 Å². The van der Waals surface area contributed by atoms with Crippen molar-refractivity contribution in [3.63, 3.8) is 0 Å². The van der Waals surface area contributed by atoms with Crippen molar-refractivity contribution in [3.05, 3.63) is 35.4 Å². The van der Waals surface area contributed by atoms with Crippen LogP contribution in [0.2, 0.25) is 0 Å². The van der Waals surface area contributed by atoms with Crippen molar-refractivity contribution in [2.24, 2.45) is 0 Å². The summed E-state index contributed by atoms with van der Waals surface area (Å²) in [5.41, 5.74) is -0.753. The number of nitrogens with zero attached hydrogens (tertiary/aromatic N) is 1. The summed E-state index contributed by atoms with van der Waals surface area (Å²) in [5, 5.41) is 8.90. The Kier molecular flexibility index (Phi) is 7.70. The van der Waals surface area contributed by atoms with Crippen LogP contribution in [0.3, 0.4) is 0 Å². The summed E-state index contributed by atoms with van der Waals surface area (Å²) < 4.78 is 42.4. The predicted octanol–water partition coefficient (Wildman–Crippen LogP) is 2.48. The fourth-order valence-corrected chi connectivity index (χ4v) is 2.02. The molecule has 134 valence electrons. The number of carbonyl (C=O) groups excluding carboxylic acids is 2. The molecule has 0 saturated carbocycles. The van der Waals surface area contributed by atoms with Crippen LogP contribution in [0.15, 0.2) is 24.3 Å². The minimum Gasteiger partial charge on any atom is -0.466 e. The topological polar surface area (TPSA) is 66.8 Å². The number of carbonyl (C=O) groups is 2. The van der Waals surface area contributed by atoms with E-state index in [1.807, 2.05) is 0 Å².